The van der Waals surface area contributed by atoms with Crippen molar-refractivity contribution in [2.45, 2.75) is 97.1 Å². The van der Waals surface area contributed by atoms with Crippen molar-refractivity contribution in [3.05, 3.63) is 70.8 Å². The molecule has 4 nitrogen and oxygen atoms in total. The molecule has 0 aromatic heterocycles. The quantitative estimate of drug-likeness (QED) is 0.422. The topological polar surface area (TPSA) is 69.9 Å². The van der Waals surface area contributed by atoms with Crippen molar-refractivity contribution in [2.24, 2.45) is 23.2 Å². The van der Waals surface area contributed by atoms with Gasteiger partial charge in [-0.05, 0) is 97.8 Å². The van der Waals surface area contributed by atoms with Crippen LogP contribution in [0.1, 0.15) is 83.8 Å². The smallest absolute Gasteiger partial charge is 0.0840 e. The second-order valence-corrected chi connectivity index (χ2v) is 12.4. The van der Waals surface area contributed by atoms with Crippen molar-refractivity contribution in [1.29, 1.82) is 0 Å². The number of aliphatic hydroxyl groups is 3. The van der Waals surface area contributed by atoms with Crippen molar-refractivity contribution >= 4 is 0 Å². The third-order valence-electron chi connectivity index (χ3n) is 9.27. The number of hydrogen-bond donors (Lipinski definition) is 3. The highest BCUT2D eigenvalue weighted by Crippen LogP contribution is 2.59. The first kappa shape index (κ1) is 27.3. The Balaban J connectivity index is 1.39. The maximum atomic E-state index is 10.3. The average molecular weight is 495 g/mol. The van der Waals surface area contributed by atoms with Gasteiger partial charge in [0.25, 0.3) is 0 Å². The monoisotopic (exact) mass is 494 g/mol. The van der Waals surface area contributed by atoms with Crippen LogP contribution in [0.25, 0.3) is 0 Å². The normalized spacial score (nSPS) is 34.2. The Hall–Kier alpha value is -1.72. The molecule has 1 unspecified atom stereocenters. The molecule has 0 aliphatic heterocycles. The van der Waals surface area contributed by atoms with E-state index in [1.54, 1.807) is 0 Å². The van der Waals surface area contributed by atoms with Crippen LogP contribution in [0.4, 0.5) is 0 Å². The highest BCUT2D eigenvalue weighted by atomic mass is 16.5. The van der Waals surface area contributed by atoms with Crippen LogP contribution in [0.5, 0.6) is 0 Å². The molecule has 0 bridgehead atoms. The van der Waals surface area contributed by atoms with Gasteiger partial charge in [-0.15, -0.1) is 0 Å². The Labute approximate surface area is 217 Å². The molecule has 4 heteroatoms. The molecule has 3 aliphatic carbocycles. The zero-order chi connectivity index (χ0) is 26.1. The number of ether oxygens (including phenoxy) is 1. The highest BCUT2D eigenvalue weighted by Gasteiger charge is 2.50. The fourth-order valence-electron chi connectivity index (χ4n) is 7.20. The van der Waals surface area contributed by atoms with Gasteiger partial charge in [0.05, 0.1) is 24.4 Å². The number of allylic oxidation sites excluding steroid dienone is 3. The third kappa shape index (κ3) is 5.88. The molecule has 0 radical (unpaired) electrons. The molecule has 3 aliphatic rings. The van der Waals surface area contributed by atoms with Crippen LogP contribution in [0.15, 0.2) is 59.7 Å². The van der Waals surface area contributed by atoms with E-state index in [0.29, 0.717) is 37.2 Å². The summed E-state index contributed by atoms with van der Waals surface area (Å²) in [6.07, 6.45) is 10.3. The van der Waals surface area contributed by atoms with Crippen LogP contribution in [-0.4, -0.2) is 34.1 Å². The molecule has 198 valence electrons. The Kier molecular flexibility index (Phi) is 8.31. The lowest BCUT2D eigenvalue weighted by Gasteiger charge is -2.44. The molecule has 36 heavy (non-hydrogen) atoms. The predicted octanol–water partition coefficient (Wildman–Crippen LogP) is 6.21. The standard InChI is InChI=1S/C32H46O4/c1-21(19-36-20-23-8-6-10-26(16-23)31(3,4)35)28-13-14-29-24(9-7-15-32(28,29)5)11-12-25-17-27(33)18-30(34)22(25)2/h6,8,10-12,16,21,27-30,33-35H,2,7,9,13-15,17-20H2,1,3-5H3/t21-,27+,28?,29-,30-,32+/m0/s1. The number of fused-ring (bicyclic) bond motifs is 1. The molecule has 3 fully saturated rings. The Morgan fingerprint density at radius 1 is 1.22 bits per heavy atom. The van der Waals surface area contributed by atoms with Gasteiger partial charge in [-0.1, -0.05) is 62.4 Å². The van der Waals surface area contributed by atoms with Gasteiger partial charge in [0, 0.05) is 13.0 Å². The molecule has 3 saturated carbocycles. The summed E-state index contributed by atoms with van der Waals surface area (Å²) in [5, 5.41) is 30.6. The molecular weight excluding hydrogens is 448 g/mol. The lowest BCUT2D eigenvalue weighted by atomic mass is 9.61. The summed E-state index contributed by atoms with van der Waals surface area (Å²) in [4.78, 5) is 0. The van der Waals surface area contributed by atoms with E-state index in [-0.39, 0.29) is 5.41 Å². The molecule has 1 aromatic carbocycles. The molecule has 1 aromatic rings. The van der Waals surface area contributed by atoms with Gasteiger partial charge >= 0.3 is 0 Å². The molecule has 0 amide bonds. The maximum Gasteiger partial charge on any atom is 0.0840 e. The number of hydrogen-bond acceptors (Lipinski definition) is 4. The highest BCUT2D eigenvalue weighted by molar-refractivity contribution is 5.38. The minimum absolute atomic E-state index is 0.287. The molecule has 6 atom stereocenters. The van der Waals surface area contributed by atoms with E-state index < -0.39 is 17.8 Å². The van der Waals surface area contributed by atoms with Crippen LogP contribution in [-0.2, 0) is 16.9 Å². The van der Waals surface area contributed by atoms with Crippen molar-refractivity contribution in [3.63, 3.8) is 0 Å². The maximum absolute atomic E-state index is 10.3. The summed E-state index contributed by atoms with van der Waals surface area (Å²) in [5.74, 6) is 1.71. The second-order valence-electron chi connectivity index (χ2n) is 12.4. The first-order chi connectivity index (χ1) is 17.0. The fraction of sp³-hybridized carbons (Fsp3) is 0.625. The first-order valence-corrected chi connectivity index (χ1v) is 13.8. The van der Waals surface area contributed by atoms with Crippen molar-refractivity contribution in [2.75, 3.05) is 6.61 Å². The lowest BCUT2D eigenvalue weighted by molar-refractivity contribution is 0.0275. The van der Waals surface area contributed by atoms with E-state index in [2.05, 4.69) is 38.6 Å². The van der Waals surface area contributed by atoms with Gasteiger partial charge in [0.2, 0.25) is 0 Å². The Bertz CT molecular complexity index is 1000. The van der Waals surface area contributed by atoms with Gasteiger partial charge in [-0.3, -0.25) is 0 Å². The van der Waals surface area contributed by atoms with Crippen molar-refractivity contribution in [1.82, 2.24) is 0 Å². The minimum atomic E-state index is -0.845. The Morgan fingerprint density at radius 3 is 2.75 bits per heavy atom. The van der Waals surface area contributed by atoms with Crippen LogP contribution < -0.4 is 0 Å². The molecule has 0 heterocycles. The van der Waals surface area contributed by atoms with Crippen LogP contribution in [0, 0.1) is 23.2 Å². The summed E-state index contributed by atoms with van der Waals surface area (Å²) in [7, 11) is 0. The largest absolute Gasteiger partial charge is 0.393 e. The number of rotatable bonds is 7. The van der Waals surface area contributed by atoms with Crippen LogP contribution >= 0.6 is 0 Å². The summed E-state index contributed by atoms with van der Waals surface area (Å²) < 4.78 is 6.21. The Morgan fingerprint density at radius 2 is 2.00 bits per heavy atom. The first-order valence-electron chi connectivity index (χ1n) is 13.8. The van der Waals surface area contributed by atoms with Gasteiger partial charge in [0.1, 0.15) is 0 Å². The summed E-state index contributed by atoms with van der Waals surface area (Å²) in [5.41, 5.74) is 4.74. The molecule has 0 saturated heterocycles. The van der Waals surface area contributed by atoms with Gasteiger partial charge < -0.3 is 20.1 Å². The molecule has 0 spiro atoms. The van der Waals surface area contributed by atoms with E-state index in [1.165, 1.54) is 31.3 Å². The minimum Gasteiger partial charge on any atom is -0.393 e. The van der Waals surface area contributed by atoms with Gasteiger partial charge in [-0.25, -0.2) is 0 Å². The molecule has 3 N–H and O–H groups in total. The SMILES string of the molecule is C=C1C(=CC=C2CCC[C@]3(C)C([C@@H](C)COCc4cccc(C(C)(C)O)c4)CC[C@@H]23)C[C@@H](O)C[C@@H]1O. The van der Waals surface area contributed by atoms with Crippen LogP contribution in [0.2, 0.25) is 0 Å². The van der Waals surface area contributed by atoms with Gasteiger partial charge in [0.15, 0.2) is 0 Å². The third-order valence-corrected chi connectivity index (χ3v) is 9.27. The number of aliphatic hydroxyl groups excluding tert-OH is 2. The lowest BCUT2D eigenvalue weighted by Crippen LogP contribution is -2.37. The van der Waals surface area contributed by atoms with E-state index >= 15 is 0 Å². The van der Waals surface area contributed by atoms with Gasteiger partial charge in [-0.2, -0.15) is 0 Å². The van der Waals surface area contributed by atoms with E-state index in [4.69, 9.17) is 4.74 Å². The zero-order valence-corrected chi connectivity index (χ0v) is 22.7. The van der Waals surface area contributed by atoms with E-state index in [9.17, 15) is 15.3 Å². The van der Waals surface area contributed by atoms with Crippen molar-refractivity contribution < 1.29 is 20.1 Å². The zero-order valence-electron chi connectivity index (χ0n) is 22.7. The summed E-state index contributed by atoms with van der Waals surface area (Å²) in [6.45, 7) is 13.9. The number of benzene rings is 1. The van der Waals surface area contributed by atoms with Crippen LogP contribution in [0.3, 0.4) is 0 Å². The molecule has 4 rings (SSSR count). The van der Waals surface area contributed by atoms with E-state index in [0.717, 1.165) is 35.3 Å². The second kappa shape index (κ2) is 10.9. The predicted molar refractivity (Wildman–Crippen MR) is 145 cm³/mol. The summed E-state index contributed by atoms with van der Waals surface area (Å²) in [6, 6.07) is 8.07. The van der Waals surface area contributed by atoms with E-state index in [1.807, 2.05) is 32.0 Å². The van der Waals surface area contributed by atoms with Crippen molar-refractivity contribution in [3.8, 4) is 0 Å². The molecular formula is C32H46O4. The fourth-order valence-corrected chi connectivity index (χ4v) is 7.20. The summed E-state index contributed by atoms with van der Waals surface area (Å²) >= 11 is 0. The average Bonchev–Trinajstić information content (AvgIpc) is 3.17.